The van der Waals surface area contributed by atoms with Gasteiger partial charge in [0.05, 0.1) is 16.5 Å². The molecule has 1 atom stereocenters. The lowest BCUT2D eigenvalue weighted by Gasteiger charge is -2.19. The summed E-state index contributed by atoms with van der Waals surface area (Å²) in [7, 11) is -1.81. The molecule has 0 spiro atoms. The fourth-order valence-corrected chi connectivity index (χ4v) is 4.68. The zero-order chi connectivity index (χ0) is 17.6. The molecular weight excluding hydrogens is 336 g/mol. The zero-order valence-electron chi connectivity index (χ0n) is 14.2. The summed E-state index contributed by atoms with van der Waals surface area (Å²) >= 11 is 0. The zero-order valence-corrected chi connectivity index (χ0v) is 15.0. The summed E-state index contributed by atoms with van der Waals surface area (Å²) in [6.07, 6.45) is 7.24. The molecule has 4 rings (SSSR count). The molecule has 1 aromatic carbocycles. The Morgan fingerprint density at radius 2 is 2.00 bits per heavy atom. The van der Waals surface area contributed by atoms with E-state index in [1.807, 2.05) is 24.7 Å². The summed E-state index contributed by atoms with van der Waals surface area (Å²) in [6.45, 7) is 1.93. The van der Waals surface area contributed by atoms with Gasteiger partial charge < -0.3 is 4.57 Å². The maximum Gasteiger partial charge on any atom is 0.241 e. The molecule has 7 heteroatoms. The van der Waals surface area contributed by atoms with E-state index in [0.717, 1.165) is 24.2 Å². The van der Waals surface area contributed by atoms with Crippen LogP contribution in [0.5, 0.6) is 0 Å². The molecule has 1 N–H and O–H groups in total. The summed E-state index contributed by atoms with van der Waals surface area (Å²) < 4.78 is 31.0. The lowest BCUT2D eigenvalue weighted by Crippen LogP contribution is -2.32. The normalized spacial score (nSPS) is 16.2. The third-order valence-electron chi connectivity index (χ3n) is 4.73. The first-order valence-corrected chi connectivity index (χ1v) is 9.79. The van der Waals surface area contributed by atoms with Gasteiger partial charge in [0.25, 0.3) is 0 Å². The van der Waals surface area contributed by atoms with Gasteiger partial charge in [0.1, 0.15) is 5.82 Å². The Hall–Kier alpha value is -2.25. The number of aromatic nitrogens is 3. The van der Waals surface area contributed by atoms with Crippen LogP contribution in [-0.2, 0) is 17.1 Å². The van der Waals surface area contributed by atoms with Crippen molar-refractivity contribution < 1.29 is 8.42 Å². The second-order valence-electron chi connectivity index (χ2n) is 6.61. The van der Waals surface area contributed by atoms with Gasteiger partial charge in [-0.15, -0.1) is 0 Å². The number of hydrogen-bond acceptors (Lipinski definition) is 4. The van der Waals surface area contributed by atoms with Crippen LogP contribution in [0.2, 0.25) is 0 Å². The van der Waals surface area contributed by atoms with Crippen LogP contribution in [0.4, 0.5) is 0 Å². The van der Waals surface area contributed by atoms with Gasteiger partial charge in [-0.3, -0.25) is 4.98 Å². The molecule has 3 aromatic rings. The number of hydrogen-bond donors (Lipinski definition) is 1. The highest BCUT2D eigenvalue weighted by Crippen LogP contribution is 2.41. The Balaban J connectivity index is 1.77. The number of rotatable bonds is 5. The molecule has 0 saturated heterocycles. The lowest BCUT2D eigenvalue weighted by atomic mass is 10.1. The van der Waals surface area contributed by atoms with Crippen molar-refractivity contribution in [2.75, 3.05) is 0 Å². The lowest BCUT2D eigenvalue weighted by molar-refractivity contribution is 0.500. The van der Waals surface area contributed by atoms with Crippen molar-refractivity contribution in [3.63, 3.8) is 0 Å². The molecule has 1 aliphatic carbocycles. The maximum atomic E-state index is 13.1. The average molecular weight is 356 g/mol. The Labute approximate surface area is 147 Å². The SMILES string of the molecule is Cc1ccc(S(=O)(=O)NC(c2nccn2C)C2CC2)c2cccnc12. The predicted molar refractivity (Wildman–Crippen MR) is 95.5 cm³/mol. The summed E-state index contributed by atoms with van der Waals surface area (Å²) in [5.74, 6) is 1.05. The smallest absolute Gasteiger partial charge is 0.241 e. The topological polar surface area (TPSA) is 76.9 Å². The van der Waals surface area contributed by atoms with E-state index in [-0.39, 0.29) is 10.9 Å². The Morgan fingerprint density at radius 1 is 1.20 bits per heavy atom. The average Bonchev–Trinajstić information content (AvgIpc) is 3.35. The number of aryl methyl sites for hydroxylation is 2. The quantitative estimate of drug-likeness (QED) is 0.762. The second-order valence-corrected chi connectivity index (χ2v) is 8.30. The van der Waals surface area contributed by atoms with Crippen molar-refractivity contribution in [1.82, 2.24) is 19.3 Å². The van der Waals surface area contributed by atoms with E-state index in [9.17, 15) is 8.42 Å². The Kier molecular flexibility index (Phi) is 3.85. The maximum absolute atomic E-state index is 13.1. The van der Waals surface area contributed by atoms with Crippen molar-refractivity contribution in [2.45, 2.75) is 30.7 Å². The van der Waals surface area contributed by atoms with Crippen LogP contribution >= 0.6 is 0 Å². The van der Waals surface area contributed by atoms with E-state index in [0.29, 0.717) is 16.8 Å². The Morgan fingerprint density at radius 3 is 2.68 bits per heavy atom. The van der Waals surface area contributed by atoms with E-state index in [2.05, 4.69) is 14.7 Å². The highest BCUT2D eigenvalue weighted by atomic mass is 32.2. The minimum Gasteiger partial charge on any atom is -0.337 e. The molecule has 6 nitrogen and oxygen atoms in total. The molecule has 2 aromatic heterocycles. The van der Waals surface area contributed by atoms with Crippen LogP contribution in [0.3, 0.4) is 0 Å². The highest BCUT2D eigenvalue weighted by Gasteiger charge is 2.38. The largest absolute Gasteiger partial charge is 0.337 e. The fourth-order valence-electron chi connectivity index (χ4n) is 3.22. The van der Waals surface area contributed by atoms with Crippen LogP contribution < -0.4 is 4.72 Å². The van der Waals surface area contributed by atoms with Crippen LogP contribution in [-0.4, -0.2) is 23.0 Å². The van der Waals surface area contributed by atoms with Gasteiger partial charge in [0, 0.05) is 31.0 Å². The minimum atomic E-state index is -3.69. The molecule has 0 bridgehead atoms. The number of benzene rings is 1. The Bertz CT molecular complexity index is 1040. The molecule has 0 aliphatic heterocycles. The molecule has 0 radical (unpaired) electrons. The van der Waals surface area contributed by atoms with E-state index < -0.39 is 10.0 Å². The van der Waals surface area contributed by atoms with Gasteiger partial charge in [-0.1, -0.05) is 6.07 Å². The summed E-state index contributed by atoms with van der Waals surface area (Å²) in [5, 5.41) is 0.643. The molecule has 25 heavy (non-hydrogen) atoms. The van der Waals surface area contributed by atoms with E-state index in [1.54, 1.807) is 36.7 Å². The number of nitrogens with zero attached hydrogens (tertiary/aromatic N) is 3. The van der Waals surface area contributed by atoms with Gasteiger partial charge in [-0.2, -0.15) is 0 Å². The van der Waals surface area contributed by atoms with Gasteiger partial charge in [0.2, 0.25) is 10.0 Å². The number of fused-ring (bicyclic) bond motifs is 1. The van der Waals surface area contributed by atoms with Gasteiger partial charge in [-0.05, 0) is 49.4 Å². The van der Waals surface area contributed by atoms with Gasteiger partial charge in [-0.25, -0.2) is 18.1 Å². The first-order chi connectivity index (χ1) is 12.0. The third-order valence-corrected chi connectivity index (χ3v) is 6.23. The van der Waals surface area contributed by atoms with Crippen molar-refractivity contribution in [1.29, 1.82) is 0 Å². The van der Waals surface area contributed by atoms with Crippen molar-refractivity contribution in [2.24, 2.45) is 13.0 Å². The van der Waals surface area contributed by atoms with E-state index >= 15 is 0 Å². The molecule has 1 fully saturated rings. The van der Waals surface area contributed by atoms with Gasteiger partial charge in [0.15, 0.2) is 0 Å². The van der Waals surface area contributed by atoms with Crippen LogP contribution in [0.15, 0.2) is 47.8 Å². The van der Waals surface area contributed by atoms with E-state index in [4.69, 9.17) is 0 Å². The number of pyridine rings is 1. The molecule has 2 heterocycles. The molecule has 1 aliphatic rings. The highest BCUT2D eigenvalue weighted by molar-refractivity contribution is 7.89. The summed E-state index contributed by atoms with van der Waals surface area (Å²) in [4.78, 5) is 8.96. The predicted octanol–water partition coefficient (Wildman–Crippen LogP) is 2.71. The van der Waals surface area contributed by atoms with Crippen molar-refractivity contribution >= 4 is 20.9 Å². The standard InChI is InChI=1S/C18H20N4O2S/c1-12-5-8-15(14-4-3-9-19-16(12)14)25(23,24)21-17(13-6-7-13)18-20-10-11-22(18)2/h3-5,8-11,13,17,21H,6-7H2,1-2H3. The molecular formula is C18H20N4O2S. The van der Waals surface area contributed by atoms with Crippen LogP contribution in [0, 0.1) is 12.8 Å². The van der Waals surface area contributed by atoms with Crippen molar-refractivity contribution in [3.8, 4) is 0 Å². The van der Waals surface area contributed by atoms with Crippen LogP contribution in [0.25, 0.3) is 10.9 Å². The van der Waals surface area contributed by atoms with Crippen LogP contribution in [0.1, 0.15) is 30.3 Å². The number of sulfonamides is 1. The summed E-state index contributed by atoms with van der Waals surface area (Å²) in [5.41, 5.74) is 1.67. The van der Waals surface area contributed by atoms with Gasteiger partial charge >= 0.3 is 0 Å². The first kappa shape index (κ1) is 16.2. The van der Waals surface area contributed by atoms with Crippen molar-refractivity contribution in [3.05, 3.63) is 54.2 Å². The van der Waals surface area contributed by atoms with E-state index in [1.165, 1.54) is 0 Å². The molecule has 0 amide bonds. The first-order valence-electron chi connectivity index (χ1n) is 8.31. The summed E-state index contributed by atoms with van der Waals surface area (Å²) in [6, 6.07) is 6.72. The number of nitrogens with one attached hydrogen (secondary N) is 1. The fraction of sp³-hybridized carbons (Fsp3) is 0.333. The third kappa shape index (κ3) is 2.94. The second kappa shape index (κ2) is 5.93. The molecule has 1 saturated carbocycles. The minimum absolute atomic E-state index is 0.265. The number of imidazole rings is 1. The molecule has 1 unspecified atom stereocenters. The monoisotopic (exact) mass is 356 g/mol. The molecule has 130 valence electrons.